The molecule has 0 saturated heterocycles. The van der Waals surface area contributed by atoms with Crippen LogP contribution in [0.5, 0.6) is 0 Å². The molecule has 0 fully saturated rings. The molecule has 0 spiro atoms. The Morgan fingerprint density at radius 1 is 0.600 bits per heavy atom. The van der Waals surface area contributed by atoms with Crippen molar-refractivity contribution in [2.45, 2.75) is 103 Å². The molecular formula is C18H38SSe. The maximum Gasteiger partial charge on any atom is 0 e. The smallest absolute Gasteiger partial charge is 0 e. The summed E-state index contributed by atoms with van der Waals surface area (Å²) in [6.07, 6.45) is 23.5. The number of allylic oxidation sites excluding steroid dienone is 1. The Morgan fingerprint density at radius 3 is 1.20 bits per heavy atom. The monoisotopic (exact) mass is 366 g/mol. The van der Waals surface area contributed by atoms with Crippen LogP contribution < -0.4 is 0 Å². The van der Waals surface area contributed by atoms with Crippen LogP contribution in [0.15, 0.2) is 12.7 Å². The average molecular weight is 366 g/mol. The van der Waals surface area contributed by atoms with Crippen molar-refractivity contribution < 1.29 is 0 Å². The van der Waals surface area contributed by atoms with Gasteiger partial charge in [0.25, 0.3) is 0 Å². The van der Waals surface area contributed by atoms with Crippen LogP contribution in [-0.4, -0.2) is 17.1 Å². The molecule has 2 heteroatoms. The number of hydrogen-bond acceptors (Lipinski definition) is 0. The first-order valence-electron chi connectivity index (χ1n) is 8.52. The van der Waals surface area contributed by atoms with Crippen molar-refractivity contribution in [1.82, 2.24) is 0 Å². The summed E-state index contributed by atoms with van der Waals surface area (Å²) in [7, 11) is 0. The van der Waals surface area contributed by atoms with Crippen molar-refractivity contribution in [3.05, 3.63) is 12.7 Å². The van der Waals surface area contributed by atoms with E-state index >= 15 is 0 Å². The molecule has 0 aromatic carbocycles. The second-order valence-corrected chi connectivity index (χ2v) is 5.67. The maximum absolute atomic E-state index is 3.76. The third-order valence-electron chi connectivity index (χ3n) is 3.76. The zero-order valence-corrected chi connectivity index (χ0v) is 16.5. The van der Waals surface area contributed by atoms with Gasteiger partial charge in [-0.15, -0.1) is 6.58 Å². The molecule has 2 radical (unpaired) electrons. The molecule has 122 valence electrons. The zero-order valence-electron chi connectivity index (χ0n) is 13.8. The van der Waals surface area contributed by atoms with Gasteiger partial charge < -0.3 is 0 Å². The van der Waals surface area contributed by atoms with Crippen LogP contribution in [0, 0.1) is 0 Å². The predicted molar refractivity (Wildman–Crippen MR) is 101 cm³/mol. The normalized spacial score (nSPS) is 9.65. The number of rotatable bonds is 15. The molecule has 0 heterocycles. The Balaban J connectivity index is -0.00000144. The molecule has 0 aliphatic carbocycles. The Bertz CT molecular complexity index is 159. The van der Waals surface area contributed by atoms with Gasteiger partial charge in [-0.1, -0.05) is 96.5 Å². The fourth-order valence-corrected chi connectivity index (χ4v) is 2.48. The van der Waals surface area contributed by atoms with Crippen molar-refractivity contribution in [3.63, 3.8) is 0 Å². The summed E-state index contributed by atoms with van der Waals surface area (Å²) in [5.41, 5.74) is 0. The minimum absolute atomic E-state index is 0. The van der Waals surface area contributed by atoms with E-state index in [2.05, 4.69) is 13.5 Å². The summed E-state index contributed by atoms with van der Waals surface area (Å²) >= 11 is 0. The fourth-order valence-electron chi connectivity index (χ4n) is 2.48. The zero-order chi connectivity index (χ0) is 13.3. The molecule has 20 heavy (non-hydrogen) atoms. The molecule has 0 aliphatic rings. The topological polar surface area (TPSA) is 0 Å². The minimum atomic E-state index is 0. The van der Waals surface area contributed by atoms with Gasteiger partial charge in [-0.25, -0.2) is 0 Å². The molecule has 0 N–H and O–H groups in total. The first-order chi connectivity index (χ1) is 8.91. The molecule has 0 unspecified atom stereocenters. The van der Waals surface area contributed by atoms with Crippen molar-refractivity contribution >= 4 is 30.6 Å². The summed E-state index contributed by atoms with van der Waals surface area (Å²) in [6.45, 7) is 6.05. The van der Waals surface area contributed by atoms with Crippen LogP contribution in [0.25, 0.3) is 0 Å². The quantitative estimate of drug-likeness (QED) is 0.170. The molecule has 0 bridgehead atoms. The molecule has 0 aliphatic heterocycles. The summed E-state index contributed by atoms with van der Waals surface area (Å²) in [5, 5.41) is 0. The molecule has 0 atom stereocenters. The maximum atomic E-state index is 3.76. The van der Waals surface area contributed by atoms with Gasteiger partial charge in [0.15, 0.2) is 0 Å². The Kier molecular flexibility index (Phi) is 31.5. The van der Waals surface area contributed by atoms with Crippen LogP contribution in [0.3, 0.4) is 0 Å². The average Bonchev–Trinajstić information content (AvgIpc) is 2.39. The number of hydrogen-bond donors (Lipinski definition) is 0. The van der Waals surface area contributed by atoms with Crippen molar-refractivity contribution in [2.75, 3.05) is 0 Å². The fraction of sp³-hybridized carbons (Fsp3) is 0.889. The summed E-state index contributed by atoms with van der Waals surface area (Å²) < 4.78 is 0. The van der Waals surface area contributed by atoms with E-state index in [4.69, 9.17) is 0 Å². The summed E-state index contributed by atoms with van der Waals surface area (Å²) in [5.74, 6) is 0. The van der Waals surface area contributed by atoms with Crippen LogP contribution in [-0.2, 0) is 0 Å². The largest absolute Gasteiger partial charge is 0.197 e. The van der Waals surface area contributed by atoms with Gasteiger partial charge in [0.2, 0.25) is 0 Å². The molecule has 0 nitrogen and oxygen atoms in total. The Labute approximate surface area is 146 Å². The van der Waals surface area contributed by atoms with E-state index in [0.29, 0.717) is 0 Å². The second kappa shape index (κ2) is 24.6. The van der Waals surface area contributed by atoms with Gasteiger partial charge in [-0.05, 0) is 12.8 Å². The van der Waals surface area contributed by atoms with Gasteiger partial charge in [0.1, 0.15) is 0 Å². The molecular weight excluding hydrogens is 327 g/mol. The third-order valence-corrected chi connectivity index (χ3v) is 3.76. The van der Waals surface area contributed by atoms with Crippen LogP contribution in [0.1, 0.15) is 103 Å². The summed E-state index contributed by atoms with van der Waals surface area (Å²) in [4.78, 5) is 0. The van der Waals surface area contributed by atoms with Crippen LogP contribution in [0.2, 0.25) is 0 Å². The Morgan fingerprint density at radius 2 is 0.900 bits per heavy atom. The molecule has 0 aromatic heterocycles. The second-order valence-electron chi connectivity index (χ2n) is 5.67. The van der Waals surface area contributed by atoms with Gasteiger partial charge >= 0.3 is 0 Å². The Hall–Kier alpha value is 0.609. The van der Waals surface area contributed by atoms with Gasteiger partial charge in [0.05, 0.1) is 0 Å². The van der Waals surface area contributed by atoms with Gasteiger partial charge in [-0.3, -0.25) is 0 Å². The van der Waals surface area contributed by atoms with Crippen LogP contribution >= 0.6 is 13.5 Å². The van der Waals surface area contributed by atoms with Crippen molar-refractivity contribution in [2.24, 2.45) is 0 Å². The predicted octanol–water partition coefficient (Wildman–Crippen LogP) is 6.78. The van der Waals surface area contributed by atoms with Crippen molar-refractivity contribution in [3.8, 4) is 0 Å². The standard InChI is InChI=1S/C18H36.H2S.Se/c1-3-5-7-9-11-13-15-17-18-16-14-12-10-8-6-4-2;;/h3H,1,4-18H2,2H3;1H2;. The van der Waals surface area contributed by atoms with E-state index in [0.717, 1.165) is 0 Å². The minimum Gasteiger partial charge on any atom is -0.197 e. The molecule has 0 rings (SSSR count). The van der Waals surface area contributed by atoms with Crippen LogP contribution in [0.4, 0.5) is 0 Å². The van der Waals surface area contributed by atoms with E-state index in [1.54, 1.807) is 0 Å². The molecule has 0 amide bonds. The molecule has 0 aromatic rings. The first kappa shape index (κ1) is 25.6. The van der Waals surface area contributed by atoms with E-state index in [9.17, 15) is 0 Å². The first-order valence-corrected chi connectivity index (χ1v) is 8.52. The van der Waals surface area contributed by atoms with Gasteiger partial charge in [-0.2, -0.15) is 13.5 Å². The van der Waals surface area contributed by atoms with Crippen molar-refractivity contribution in [1.29, 1.82) is 0 Å². The van der Waals surface area contributed by atoms with E-state index < -0.39 is 0 Å². The SMILES string of the molecule is C=CCCCCCCCCCCCCCCCC.S.[Se]. The van der Waals surface area contributed by atoms with E-state index in [-0.39, 0.29) is 30.6 Å². The van der Waals surface area contributed by atoms with E-state index in [1.807, 2.05) is 6.08 Å². The third kappa shape index (κ3) is 23.7. The molecule has 0 saturated carbocycles. The number of unbranched alkanes of at least 4 members (excludes halogenated alkanes) is 14. The summed E-state index contributed by atoms with van der Waals surface area (Å²) in [6, 6.07) is 0. The van der Waals surface area contributed by atoms with Gasteiger partial charge in [0, 0.05) is 17.1 Å². The van der Waals surface area contributed by atoms with E-state index in [1.165, 1.54) is 96.3 Å².